The Morgan fingerprint density at radius 2 is 1.82 bits per heavy atom. The topological polar surface area (TPSA) is 15.3 Å². The van der Waals surface area contributed by atoms with Crippen LogP contribution in [0.5, 0.6) is 0 Å². The van der Waals surface area contributed by atoms with Crippen molar-refractivity contribution in [2.75, 3.05) is 25.5 Å². The molecule has 0 atom stereocenters. The molecule has 2 rings (SSSR count). The lowest BCUT2D eigenvalue weighted by molar-refractivity contribution is 0.198. The molecule has 0 heterocycles. The van der Waals surface area contributed by atoms with Crippen molar-refractivity contribution in [2.24, 2.45) is 0 Å². The van der Waals surface area contributed by atoms with Crippen LogP contribution in [0, 0.1) is 0 Å². The Kier molecular flexibility index (Phi) is 4.87. The van der Waals surface area contributed by atoms with Crippen molar-refractivity contribution in [3.8, 4) is 0 Å². The number of nitrogens with zero attached hydrogens (tertiary/aromatic N) is 1. The van der Waals surface area contributed by atoms with Crippen LogP contribution in [0.25, 0.3) is 0 Å². The summed E-state index contributed by atoms with van der Waals surface area (Å²) in [7, 11) is 2.27. The Hall–Kier alpha value is -1.02. The van der Waals surface area contributed by atoms with Gasteiger partial charge in [0.1, 0.15) is 0 Å². The molecule has 0 unspecified atom stereocenters. The van der Waals surface area contributed by atoms with Crippen LogP contribution in [0.4, 0.5) is 5.69 Å². The average molecular weight is 232 g/mol. The molecule has 1 N–H and O–H groups in total. The molecule has 2 nitrogen and oxygen atoms in total. The molecule has 0 radical (unpaired) electrons. The zero-order valence-corrected chi connectivity index (χ0v) is 10.9. The van der Waals surface area contributed by atoms with Gasteiger partial charge in [-0.1, -0.05) is 37.5 Å². The van der Waals surface area contributed by atoms with E-state index in [-0.39, 0.29) is 0 Å². The maximum absolute atomic E-state index is 3.47. The van der Waals surface area contributed by atoms with Gasteiger partial charge in [-0.25, -0.2) is 0 Å². The van der Waals surface area contributed by atoms with Gasteiger partial charge < -0.3 is 10.2 Å². The lowest BCUT2D eigenvalue weighted by Crippen LogP contribution is -2.36. The molecular formula is C15H24N2. The van der Waals surface area contributed by atoms with Crippen LogP contribution in [0.15, 0.2) is 30.3 Å². The van der Waals surface area contributed by atoms with Crippen LogP contribution in [0.1, 0.15) is 32.1 Å². The van der Waals surface area contributed by atoms with Crippen molar-refractivity contribution in [1.82, 2.24) is 4.90 Å². The van der Waals surface area contributed by atoms with E-state index >= 15 is 0 Å². The van der Waals surface area contributed by atoms with Gasteiger partial charge in [-0.05, 0) is 32.0 Å². The first-order chi connectivity index (χ1) is 8.36. The van der Waals surface area contributed by atoms with Crippen LogP contribution >= 0.6 is 0 Å². The van der Waals surface area contributed by atoms with E-state index in [2.05, 4.69) is 47.6 Å². The van der Waals surface area contributed by atoms with E-state index in [4.69, 9.17) is 0 Å². The zero-order valence-electron chi connectivity index (χ0n) is 10.9. The number of hydrogen-bond donors (Lipinski definition) is 1. The summed E-state index contributed by atoms with van der Waals surface area (Å²) >= 11 is 0. The van der Waals surface area contributed by atoms with Crippen LogP contribution in [0.2, 0.25) is 0 Å². The van der Waals surface area contributed by atoms with Gasteiger partial charge in [0.2, 0.25) is 0 Å². The molecule has 0 aromatic heterocycles. The minimum absolute atomic E-state index is 0.821. The molecule has 1 aromatic carbocycles. The molecule has 0 spiro atoms. The third kappa shape index (κ3) is 4.04. The van der Waals surface area contributed by atoms with E-state index in [0.717, 1.165) is 19.1 Å². The smallest absolute Gasteiger partial charge is 0.0340 e. The lowest BCUT2D eigenvalue weighted by Gasteiger charge is -2.31. The minimum atomic E-state index is 0.821. The van der Waals surface area contributed by atoms with Crippen LogP contribution in [-0.4, -0.2) is 31.1 Å². The Morgan fingerprint density at radius 1 is 1.12 bits per heavy atom. The molecule has 0 amide bonds. The fourth-order valence-electron chi connectivity index (χ4n) is 2.64. The third-order valence-electron chi connectivity index (χ3n) is 3.77. The first-order valence-corrected chi connectivity index (χ1v) is 6.85. The summed E-state index contributed by atoms with van der Waals surface area (Å²) in [5.74, 6) is 0. The van der Waals surface area contributed by atoms with Gasteiger partial charge in [-0.15, -0.1) is 0 Å². The SMILES string of the molecule is CN(CCNc1ccccc1)C1CCCCC1. The minimum Gasteiger partial charge on any atom is -0.384 e. The molecule has 2 heteroatoms. The second-order valence-corrected chi connectivity index (χ2v) is 5.07. The van der Waals surface area contributed by atoms with Gasteiger partial charge in [-0.3, -0.25) is 0 Å². The molecule has 0 aliphatic heterocycles. The summed E-state index contributed by atoms with van der Waals surface area (Å²) in [5.41, 5.74) is 1.23. The van der Waals surface area contributed by atoms with E-state index < -0.39 is 0 Å². The van der Waals surface area contributed by atoms with E-state index in [9.17, 15) is 0 Å². The maximum Gasteiger partial charge on any atom is 0.0340 e. The van der Waals surface area contributed by atoms with Crippen LogP contribution < -0.4 is 5.32 Å². The summed E-state index contributed by atoms with van der Waals surface area (Å²) in [6.07, 6.45) is 7.05. The highest BCUT2D eigenvalue weighted by Gasteiger charge is 2.17. The monoisotopic (exact) mass is 232 g/mol. The highest BCUT2D eigenvalue weighted by molar-refractivity contribution is 5.42. The van der Waals surface area contributed by atoms with Gasteiger partial charge in [0, 0.05) is 24.8 Å². The molecular weight excluding hydrogens is 208 g/mol. The standard InChI is InChI=1S/C15H24N2/c1-17(15-10-6-3-7-11-15)13-12-16-14-8-4-2-5-9-14/h2,4-5,8-9,15-16H,3,6-7,10-13H2,1H3. The number of benzene rings is 1. The molecule has 17 heavy (non-hydrogen) atoms. The van der Waals surface area contributed by atoms with Gasteiger partial charge in [-0.2, -0.15) is 0 Å². The fourth-order valence-corrected chi connectivity index (χ4v) is 2.64. The van der Waals surface area contributed by atoms with E-state index in [0.29, 0.717) is 0 Å². The molecule has 0 bridgehead atoms. The highest BCUT2D eigenvalue weighted by atomic mass is 15.1. The third-order valence-corrected chi connectivity index (χ3v) is 3.77. The molecule has 1 aliphatic carbocycles. The van der Waals surface area contributed by atoms with Gasteiger partial charge in [0.05, 0.1) is 0 Å². The number of para-hydroxylation sites is 1. The maximum atomic E-state index is 3.47. The van der Waals surface area contributed by atoms with Crippen LogP contribution in [0.3, 0.4) is 0 Å². The Bertz CT molecular complexity index is 304. The van der Waals surface area contributed by atoms with Crippen LogP contribution in [-0.2, 0) is 0 Å². The second-order valence-electron chi connectivity index (χ2n) is 5.07. The van der Waals surface area contributed by atoms with Crippen molar-refractivity contribution >= 4 is 5.69 Å². The van der Waals surface area contributed by atoms with Crippen molar-refractivity contribution < 1.29 is 0 Å². The first kappa shape index (κ1) is 12.4. The summed E-state index contributed by atoms with van der Waals surface area (Å²) < 4.78 is 0. The number of rotatable bonds is 5. The lowest BCUT2D eigenvalue weighted by atomic mass is 9.94. The Labute approximate surface area is 105 Å². The Balaban J connectivity index is 1.67. The number of anilines is 1. The van der Waals surface area contributed by atoms with E-state index in [1.807, 2.05) is 0 Å². The molecule has 1 aromatic rings. The van der Waals surface area contributed by atoms with Crippen molar-refractivity contribution in [2.45, 2.75) is 38.1 Å². The summed E-state index contributed by atoms with van der Waals surface area (Å²) in [6, 6.07) is 11.3. The quantitative estimate of drug-likeness (QED) is 0.837. The van der Waals surface area contributed by atoms with E-state index in [1.165, 1.54) is 37.8 Å². The molecule has 94 valence electrons. The average Bonchev–Trinajstić information content (AvgIpc) is 2.41. The van der Waals surface area contributed by atoms with Gasteiger partial charge in [0.25, 0.3) is 0 Å². The summed E-state index contributed by atoms with van der Waals surface area (Å²) in [6.45, 7) is 2.18. The largest absolute Gasteiger partial charge is 0.384 e. The normalized spacial score (nSPS) is 17.3. The molecule has 1 saturated carbocycles. The fraction of sp³-hybridized carbons (Fsp3) is 0.600. The zero-order chi connectivity index (χ0) is 11.9. The number of likely N-dealkylation sites (N-methyl/N-ethyl adjacent to an activating group) is 1. The van der Waals surface area contributed by atoms with Gasteiger partial charge >= 0.3 is 0 Å². The molecule has 0 saturated heterocycles. The molecule has 1 aliphatic rings. The van der Waals surface area contributed by atoms with Crippen molar-refractivity contribution in [3.63, 3.8) is 0 Å². The van der Waals surface area contributed by atoms with Gasteiger partial charge in [0.15, 0.2) is 0 Å². The molecule has 1 fully saturated rings. The predicted molar refractivity (Wildman–Crippen MR) is 74.4 cm³/mol. The highest BCUT2D eigenvalue weighted by Crippen LogP contribution is 2.21. The summed E-state index contributed by atoms with van der Waals surface area (Å²) in [4.78, 5) is 2.52. The summed E-state index contributed by atoms with van der Waals surface area (Å²) in [5, 5.41) is 3.47. The number of nitrogens with one attached hydrogen (secondary N) is 1. The van der Waals surface area contributed by atoms with Crippen molar-refractivity contribution in [1.29, 1.82) is 0 Å². The first-order valence-electron chi connectivity index (χ1n) is 6.85. The van der Waals surface area contributed by atoms with Crippen molar-refractivity contribution in [3.05, 3.63) is 30.3 Å². The van der Waals surface area contributed by atoms with E-state index in [1.54, 1.807) is 0 Å². The second kappa shape index (κ2) is 6.65. The number of hydrogen-bond acceptors (Lipinski definition) is 2. The predicted octanol–water partition coefficient (Wildman–Crippen LogP) is 3.36. The Morgan fingerprint density at radius 3 is 2.53 bits per heavy atom.